The molecule has 1 aromatic carbocycles. The smallest absolute Gasteiger partial charge is 0.120 e. The van der Waals surface area contributed by atoms with Crippen LogP contribution < -0.4 is 5.32 Å². The molecule has 0 aliphatic heterocycles. The highest BCUT2D eigenvalue weighted by Gasteiger charge is 2.05. The van der Waals surface area contributed by atoms with Crippen LogP contribution in [0.15, 0.2) is 18.2 Å². The molecule has 1 unspecified atom stereocenters. The van der Waals surface area contributed by atoms with Crippen LogP contribution in [0.4, 0.5) is 0 Å². The van der Waals surface area contributed by atoms with E-state index >= 15 is 0 Å². The summed E-state index contributed by atoms with van der Waals surface area (Å²) in [5.74, 6) is 1.45. The van der Waals surface area contributed by atoms with Gasteiger partial charge in [-0.15, -0.1) is 0 Å². The van der Waals surface area contributed by atoms with Gasteiger partial charge in [0.25, 0.3) is 0 Å². The Bertz CT molecular complexity index is 333. The number of phenols is 1. The van der Waals surface area contributed by atoms with Crippen molar-refractivity contribution in [2.45, 2.75) is 25.9 Å². The summed E-state index contributed by atoms with van der Waals surface area (Å²) >= 11 is 7.72. The van der Waals surface area contributed by atoms with E-state index in [0.717, 1.165) is 17.7 Å². The Balaban J connectivity index is 2.44. The molecule has 0 spiro atoms. The predicted molar refractivity (Wildman–Crippen MR) is 72.4 cm³/mol. The highest BCUT2D eigenvalue weighted by Crippen LogP contribution is 2.21. The summed E-state index contributed by atoms with van der Waals surface area (Å²) in [6, 6.07) is 5.57. The topological polar surface area (TPSA) is 32.3 Å². The molecule has 0 amide bonds. The molecule has 0 bridgehead atoms. The molecule has 0 aliphatic rings. The van der Waals surface area contributed by atoms with Gasteiger partial charge in [-0.05, 0) is 43.6 Å². The monoisotopic (exact) mass is 259 g/mol. The van der Waals surface area contributed by atoms with E-state index in [2.05, 4.69) is 18.5 Å². The predicted octanol–water partition coefficient (Wildman–Crippen LogP) is 3.28. The summed E-state index contributed by atoms with van der Waals surface area (Å²) in [7, 11) is 0. The molecular weight excluding hydrogens is 242 g/mol. The minimum absolute atomic E-state index is 0.300. The number of rotatable bonds is 6. The average Bonchev–Trinajstić information content (AvgIpc) is 2.27. The van der Waals surface area contributed by atoms with E-state index in [-0.39, 0.29) is 0 Å². The second-order valence-corrected chi connectivity index (χ2v) is 5.26. The maximum absolute atomic E-state index is 9.62. The quantitative estimate of drug-likeness (QED) is 0.822. The fourth-order valence-corrected chi connectivity index (χ4v) is 2.16. The Kier molecular flexibility index (Phi) is 6.03. The molecule has 0 heterocycles. The highest BCUT2D eigenvalue weighted by atomic mass is 35.5. The molecule has 0 aromatic heterocycles. The van der Waals surface area contributed by atoms with E-state index in [0.29, 0.717) is 23.4 Å². The van der Waals surface area contributed by atoms with E-state index in [4.69, 9.17) is 11.6 Å². The Morgan fingerprint density at radius 1 is 1.50 bits per heavy atom. The maximum Gasteiger partial charge on any atom is 0.120 e. The zero-order chi connectivity index (χ0) is 12.0. The number of hydrogen-bond acceptors (Lipinski definition) is 3. The third-order valence-electron chi connectivity index (χ3n) is 2.44. The summed E-state index contributed by atoms with van der Waals surface area (Å²) in [6.45, 7) is 2.81. The molecule has 0 saturated carbocycles. The summed E-state index contributed by atoms with van der Waals surface area (Å²) in [6.07, 6.45) is 3.23. The van der Waals surface area contributed by atoms with Crippen molar-refractivity contribution in [3.63, 3.8) is 0 Å². The zero-order valence-corrected chi connectivity index (χ0v) is 11.2. The first kappa shape index (κ1) is 13.7. The van der Waals surface area contributed by atoms with Gasteiger partial charge in [0.2, 0.25) is 0 Å². The largest absolute Gasteiger partial charge is 0.508 e. The minimum Gasteiger partial charge on any atom is -0.508 e. The Hall–Kier alpha value is -0.380. The van der Waals surface area contributed by atoms with Crippen molar-refractivity contribution < 1.29 is 5.11 Å². The molecule has 1 rings (SSSR count). The fraction of sp³-hybridized carbons (Fsp3) is 0.500. The third-order valence-corrected chi connectivity index (χ3v) is 3.32. The lowest BCUT2D eigenvalue weighted by atomic mass is 10.2. The zero-order valence-electron chi connectivity index (χ0n) is 9.66. The van der Waals surface area contributed by atoms with E-state index < -0.39 is 0 Å². The van der Waals surface area contributed by atoms with Crippen molar-refractivity contribution in [1.82, 2.24) is 5.32 Å². The molecule has 2 nitrogen and oxygen atoms in total. The van der Waals surface area contributed by atoms with Crippen molar-refractivity contribution >= 4 is 23.4 Å². The van der Waals surface area contributed by atoms with Gasteiger partial charge in [0, 0.05) is 23.2 Å². The summed E-state index contributed by atoms with van der Waals surface area (Å²) in [5, 5.41) is 13.6. The number of halogens is 1. The van der Waals surface area contributed by atoms with Gasteiger partial charge in [0.15, 0.2) is 0 Å². The van der Waals surface area contributed by atoms with Crippen LogP contribution in [0.3, 0.4) is 0 Å². The van der Waals surface area contributed by atoms with Crippen molar-refractivity contribution in [2.24, 2.45) is 0 Å². The van der Waals surface area contributed by atoms with Gasteiger partial charge in [-0.25, -0.2) is 0 Å². The van der Waals surface area contributed by atoms with Crippen molar-refractivity contribution in [2.75, 3.05) is 12.0 Å². The highest BCUT2D eigenvalue weighted by molar-refractivity contribution is 7.98. The van der Waals surface area contributed by atoms with Crippen LogP contribution in [0.2, 0.25) is 5.02 Å². The normalized spacial score (nSPS) is 12.7. The molecular formula is C12H18ClNOS. The summed E-state index contributed by atoms with van der Waals surface area (Å²) in [5.41, 5.74) is 0.850. The Morgan fingerprint density at radius 2 is 2.25 bits per heavy atom. The first-order valence-corrected chi connectivity index (χ1v) is 7.10. The first-order valence-electron chi connectivity index (χ1n) is 5.33. The second kappa shape index (κ2) is 7.05. The van der Waals surface area contributed by atoms with E-state index in [1.807, 2.05) is 11.8 Å². The average molecular weight is 260 g/mol. The van der Waals surface area contributed by atoms with Crippen LogP contribution in [0, 0.1) is 0 Å². The van der Waals surface area contributed by atoms with Crippen molar-refractivity contribution in [3.8, 4) is 5.75 Å². The summed E-state index contributed by atoms with van der Waals surface area (Å²) < 4.78 is 0. The Labute approximate surface area is 106 Å². The van der Waals surface area contributed by atoms with E-state index in [1.54, 1.807) is 18.2 Å². The molecule has 90 valence electrons. The van der Waals surface area contributed by atoms with Gasteiger partial charge in [-0.2, -0.15) is 11.8 Å². The molecule has 0 aliphatic carbocycles. The molecule has 1 atom stereocenters. The minimum atomic E-state index is 0.300. The fourth-order valence-electron chi connectivity index (χ4n) is 1.38. The molecule has 2 N–H and O–H groups in total. The lowest BCUT2D eigenvalue weighted by Crippen LogP contribution is -2.26. The van der Waals surface area contributed by atoms with Crippen molar-refractivity contribution in [1.29, 1.82) is 0 Å². The number of thioether (sulfide) groups is 1. The number of aromatic hydroxyl groups is 1. The lowest BCUT2D eigenvalue weighted by Gasteiger charge is -2.13. The van der Waals surface area contributed by atoms with Crippen LogP contribution in [0.5, 0.6) is 5.75 Å². The Morgan fingerprint density at radius 3 is 2.94 bits per heavy atom. The molecule has 16 heavy (non-hydrogen) atoms. The standard InChI is InChI=1S/C12H18ClNOS/c1-9(5-6-16-2)14-8-10-7-11(13)3-4-12(10)15/h3-4,7,9,14-15H,5-6,8H2,1-2H3. The van der Waals surface area contributed by atoms with Gasteiger partial charge >= 0.3 is 0 Å². The molecule has 0 fully saturated rings. The van der Waals surface area contributed by atoms with Gasteiger partial charge in [0.05, 0.1) is 0 Å². The van der Waals surface area contributed by atoms with Crippen LogP contribution in [0.25, 0.3) is 0 Å². The van der Waals surface area contributed by atoms with Gasteiger partial charge in [0.1, 0.15) is 5.75 Å². The van der Waals surface area contributed by atoms with Gasteiger partial charge in [-0.1, -0.05) is 11.6 Å². The SMILES string of the molecule is CSCCC(C)NCc1cc(Cl)ccc1O. The van der Waals surface area contributed by atoms with Crippen molar-refractivity contribution in [3.05, 3.63) is 28.8 Å². The second-order valence-electron chi connectivity index (χ2n) is 3.84. The summed E-state index contributed by atoms with van der Waals surface area (Å²) in [4.78, 5) is 0. The van der Waals surface area contributed by atoms with Crippen LogP contribution >= 0.6 is 23.4 Å². The third kappa shape index (κ3) is 4.64. The van der Waals surface area contributed by atoms with Crippen LogP contribution in [0.1, 0.15) is 18.9 Å². The number of hydrogen-bond donors (Lipinski definition) is 2. The number of phenolic OH excluding ortho intramolecular Hbond substituents is 1. The van der Waals surface area contributed by atoms with Gasteiger partial charge < -0.3 is 10.4 Å². The maximum atomic E-state index is 9.62. The lowest BCUT2D eigenvalue weighted by molar-refractivity contribution is 0.458. The molecule has 4 heteroatoms. The molecule has 1 aromatic rings. The first-order chi connectivity index (χ1) is 7.63. The number of benzene rings is 1. The van der Waals surface area contributed by atoms with Gasteiger partial charge in [-0.3, -0.25) is 0 Å². The molecule has 0 radical (unpaired) electrons. The number of nitrogens with one attached hydrogen (secondary N) is 1. The van der Waals surface area contributed by atoms with Crippen LogP contribution in [-0.2, 0) is 6.54 Å². The molecule has 0 saturated heterocycles. The van der Waals surface area contributed by atoms with Crippen LogP contribution in [-0.4, -0.2) is 23.2 Å². The van der Waals surface area contributed by atoms with E-state index in [1.165, 1.54) is 0 Å². The van der Waals surface area contributed by atoms with E-state index in [9.17, 15) is 5.11 Å².